The van der Waals surface area contributed by atoms with Crippen LogP contribution in [-0.4, -0.2) is 29.0 Å². The predicted molar refractivity (Wildman–Crippen MR) is 107 cm³/mol. The van der Waals surface area contributed by atoms with E-state index in [1.807, 2.05) is 13.0 Å². The van der Waals surface area contributed by atoms with Crippen molar-refractivity contribution in [1.82, 2.24) is 9.97 Å². The number of nitrogens with one attached hydrogen (secondary N) is 2. The summed E-state index contributed by atoms with van der Waals surface area (Å²) in [4.78, 5) is 32.5. The molecule has 2 aromatic carbocycles. The van der Waals surface area contributed by atoms with Gasteiger partial charge in [-0.2, -0.15) is 0 Å². The van der Waals surface area contributed by atoms with Gasteiger partial charge in [-0.3, -0.25) is 4.79 Å². The summed E-state index contributed by atoms with van der Waals surface area (Å²) < 4.78 is 4.76. The minimum atomic E-state index is -0.469. The van der Waals surface area contributed by atoms with Gasteiger partial charge in [0.25, 0.3) is 5.91 Å². The number of methoxy groups -OCH3 is 1. The number of nitrogens with zero attached hydrogens (tertiary/aromatic N) is 2. The molecular weight excluding hydrogens is 380 g/mol. The summed E-state index contributed by atoms with van der Waals surface area (Å²) in [5.41, 5.74) is 2.52. The second-order valence-corrected chi connectivity index (χ2v) is 6.27. The van der Waals surface area contributed by atoms with Crippen LogP contribution in [0.15, 0.2) is 54.9 Å². The zero-order chi connectivity index (χ0) is 20.1. The van der Waals surface area contributed by atoms with Crippen molar-refractivity contribution < 1.29 is 14.3 Å². The molecule has 0 saturated carbocycles. The molecule has 2 N–H and O–H groups in total. The molecule has 8 heteroatoms. The number of para-hydroxylation sites is 1. The highest BCUT2D eigenvalue weighted by molar-refractivity contribution is 6.31. The third-order valence-corrected chi connectivity index (χ3v) is 4.32. The van der Waals surface area contributed by atoms with Crippen molar-refractivity contribution in [3.63, 3.8) is 0 Å². The molecule has 0 atom stereocenters. The van der Waals surface area contributed by atoms with Crippen molar-refractivity contribution in [1.29, 1.82) is 0 Å². The molecule has 7 nitrogen and oxygen atoms in total. The number of esters is 1. The fourth-order valence-corrected chi connectivity index (χ4v) is 2.57. The lowest BCUT2D eigenvalue weighted by molar-refractivity contribution is 0.0601. The minimum absolute atomic E-state index is 0.142. The number of rotatable bonds is 5. The van der Waals surface area contributed by atoms with Crippen LogP contribution < -0.4 is 10.6 Å². The van der Waals surface area contributed by atoms with Crippen LogP contribution in [0.1, 0.15) is 26.4 Å². The Balaban J connectivity index is 1.72. The molecular formula is C20H17ClN4O3. The van der Waals surface area contributed by atoms with E-state index in [1.54, 1.807) is 36.4 Å². The highest BCUT2D eigenvalue weighted by atomic mass is 35.5. The molecule has 0 spiro atoms. The van der Waals surface area contributed by atoms with Gasteiger partial charge >= 0.3 is 5.97 Å². The Kier molecular flexibility index (Phi) is 5.86. The first kappa shape index (κ1) is 19.3. The number of aryl methyl sites for hydroxylation is 1. The Morgan fingerprint density at radius 1 is 1.07 bits per heavy atom. The van der Waals surface area contributed by atoms with Crippen LogP contribution in [0.3, 0.4) is 0 Å². The Hall–Kier alpha value is -3.45. The number of benzene rings is 2. The van der Waals surface area contributed by atoms with Gasteiger partial charge < -0.3 is 15.4 Å². The van der Waals surface area contributed by atoms with E-state index in [1.165, 1.54) is 19.5 Å². The molecule has 0 unspecified atom stereocenters. The summed E-state index contributed by atoms with van der Waals surface area (Å²) in [7, 11) is 1.31. The number of ether oxygens (including phenoxy) is 1. The van der Waals surface area contributed by atoms with Gasteiger partial charge in [-0.15, -0.1) is 0 Å². The second kappa shape index (κ2) is 8.49. The topological polar surface area (TPSA) is 93.2 Å². The third-order valence-electron chi connectivity index (χ3n) is 3.91. The normalized spacial score (nSPS) is 10.2. The van der Waals surface area contributed by atoms with Crippen molar-refractivity contribution in [2.75, 3.05) is 17.7 Å². The molecule has 0 saturated heterocycles. The molecule has 28 heavy (non-hydrogen) atoms. The van der Waals surface area contributed by atoms with E-state index in [0.29, 0.717) is 27.8 Å². The lowest BCUT2D eigenvalue weighted by Gasteiger charge is -2.10. The lowest BCUT2D eigenvalue weighted by atomic mass is 10.2. The average Bonchev–Trinajstić information content (AvgIpc) is 2.71. The van der Waals surface area contributed by atoms with E-state index in [0.717, 1.165) is 5.56 Å². The van der Waals surface area contributed by atoms with Crippen LogP contribution in [0.4, 0.5) is 17.2 Å². The largest absolute Gasteiger partial charge is 0.465 e. The summed E-state index contributed by atoms with van der Waals surface area (Å²) in [6.07, 6.45) is 2.75. The Labute approximate surface area is 166 Å². The molecule has 3 rings (SSSR count). The number of anilines is 3. The second-order valence-electron chi connectivity index (χ2n) is 5.87. The van der Waals surface area contributed by atoms with Crippen LogP contribution in [0.25, 0.3) is 0 Å². The number of carbonyl (C=O) groups is 2. The van der Waals surface area contributed by atoms with Crippen molar-refractivity contribution in [2.45, 2.75) is 6.92 Å². The van der Waals surface area contributed by atoms with Crippen molar-refractivity contribution >= 4 is 40.7 Å². The first-order valence-electron chi connectivity index (χ1n) is 8.32. The van der Waals surface area contributed by atoms with E-state index in [2.05, 4.69) is 20.6 Å². The molecule has 3 aromatic rings. The predicted octanol–water partition coefficient (Wildman–Crippen LogP) is 4.22. The van der Waals surface area contributed by atoms with Gasteiger partial charge in [0, 0.05) is 10.7 Å². The van der Waals surface area contributed by atoms with E-state index < -0.39 is 11.9 Å². The first-order chi connectivity index (χ1) is 13.5. The van der Waals surface area contributed by atoms with Crippen LogP contribution in [-0.2, 0) is 4.74 Å². The molecule has 0 fully saturated rings. The molecule has 0 radical (unpaired) electrons. The van der Waals surface area contributed by atoms with Gasteiger partial charge in [0.05, 0.1) is 30.8 Å². The maximum absolute atomic E-state index is 12.3. The van der Waals surface area contributed by atoms with Gasteiger partial charge in [-0.25, -0.2) is 14.8 Å². The Morgan fingerprint density at radius 3 is 2.54 bits per heavy atom. The van der Waals surface area contributed by atoms with E-state index in [4.69, 9.17) is 16.3 Å². The van der Waals surface area contributed by atoms with Crippen molar-refractivity contribution in [3.05, 3.63) is 76.7 Å². The van der Waals surface area contributed by atoms with Crippen LogP contribution in [0.5, 0.6) is 0 Å². The molecule has 0 bridgehead atoms. The molecule has 1 heterocycles. The van der Waals surface area contributed by atoms with Gasteiger partial charge in [0.15, 0.2) is 0 Å². The lowest BCUT2D eigenvalue weighted by Crippen LogP contribution is -2.14. The van der Waals surface area contributed by atoms with Crippen LogP contribution in [0, 0.1) is 6.92 Å². The summed E-state index contributed by atoms with van der Waals surface area (Å²) in [5, 5.41) is 6.28. The van der Waals surface area contributed by atoms with Crippen LogP contribution in [0.2, 0.25) is 5.02 Å². The third kappa shape index (κ3) is 4.44. The monoisotopic (exact) mass is 396 g/mol. The summed E-state index contributed by atoms with van der Waals surface area (Å²) in [6, 6.07) is 12.1. The molecule has 0 aliphatic rings. The summed E-state index contributed by atoms with van der Waals surface area (Å²) in [6.45, 7) is 1.88. The number of amides is 1. The smallest absolute Gasteiger partial charge is 0.339 e. The zero-order valence-electron chi connectivity index (χ0n) is 15.2. The fourth-order valence-electron chi connectivity index (χ4n) is 2.39. The summed E-state index contributed by atoms with van der Waals surface area (Å²) >= 11 is 6.07. The Morgan fingerprint density at radius 2 is 1.86 bits per heavy atom. The average molecular weight is 397 g/mol. The minimum Gasteiger partial charge on any atom is -0.465 e. The number of aromatic nitrogens is 2. The fraction of sp³-hybridized carbons (Fsp3) is 0.100. The van der Waals surface area contributed by atoms with E-state index in [9.17, 15) is 9.59 Å². The molecule has 0 aliphatic heterocycles. The van der Waals surface area contributed by atoms with Gasteiger partial charge in [0.2, 0.25) is 0 Å². The maximum Gasteiger partial charge on any atom is 0.339 e. The molecule has 0 aliphatic carbocycles. The number of hydrogen-bond donors (Lipinski definition) is 2. The van der Waals surface area contributed by atoms with Gasteiger partial charge in [-0.05, 0) is 36.8 Å². The summed E-state index contributed by atoms with van der Waals surface area (Å²) in [5.74, 6) is -0.496. The number of hydrogen-bond acceptors (Lipinski definition) is 6. The SMILES string of the molecule is COC(=O)c1ccccc1Nc1cnc(C(=O)Nc2ccc(C)c(Cl)c2)cn1. The van der Waals surface area contributed by atoms with E-state index in [-0.39, 0.29) is 5.69 Å². The number of carbonyl (C=O) groups excluding carboxylic acids is 2. The van der Waals surface area contributed by atoms with E-state index >= 15 is 0 Å². The van der Waals surface area contributed by atoms with Gasteiger partial charge in [-0.1, -0.05) is 29.8 Å². The molecule has 1 aromatic heterocycles. The van der Waals surface area contributed by atoms with Gasteiger partial charge in [0.1, 0.15) is 11.5 Å². The zero-order valence-corrected chi connectivity index (χ0v) is 15.9. The highest BCUT2D eigenvalue weighted by Crippen LogP contribution is 2.21. The Bertz CT molecular complexity index is 1020. The van der Waals surface area contributed by atoms with Crippen molar-refractivity contribution in [3.8, 4) is 0 Å². The van der Waals surface area contributed by atoms with Crippen LogP contribution >= 0.6 is 11.6 Å². The quantitative estimate of drug-likeness (QED) is 0.627. The van der Waals surface area contributed by atoms with Crippen molar-refractivity contribution in [2.24, 2.45) is 0 Å². The first-order valence-corrected chi connectivity index (χ1v) is 8.69. The maximum atomic E-state index is 12.3. The highest BCUT2D eigenvalue weighted by Gasteiger charge is 2.13. The standard InChI is InChI=1S/C20H17ClN4O3/c1-12-7-8-13(9-15(12)21)24-19(26)17-10-23-18(11-22-17)25-16-6-4-3-5-14(16)20(27)28-2/h3-11H,1-2H3,(H,23,25)(H,24,26). The molecule has 142 valence electrons. The number of halogens is 1. The molecule has 1 amide bonds.